The molecule has 1 N–H and O–H groups in total. The highest BCUT2D eigenvalue weighted by molar-refractivity contribution is 6.00. The van der Waals surface area contributed by atoms with Crippen LogP contribution in [0.5, 0.6) is 0 Å². The summed E-state index contributed by atoms with van der Waals surface area (Å²) in [6, 6.07) is 6.29. The van der Waals surface area contributed by atoms with Crippen LogP contribution in [0.2, 0.25) is 0 Å². The zero-order valence-corrected chi connectivity index (χ0v) is 18.9. The van der Waals surface area contributed by atoms with Gasteiger partial charge in [0, 0.05) is 29.8 Å². The van der Waals surface area contributed by atoms with Crippen LogP contribution in [-0.4, -0.2) is 36.7 Å². The van der Waals surface area contributed by atoms with Crippen LogP contribution < -0.4 is 5.32 Å². The first-order valence-corrected chi connectivity index (χ1v) is 10.3. The summed E-state index contributed by atoms with van der Waals surface area (Å²) in [5.41, 5.74) is -2.23. The highest BCUT2D eigenvalue weighted by Gasteiger charge is 2.38. The summed E-state index contributed by atoms with van der Waals surface area (Å²) >= 11 is 0. The van der Waals surface area contributed by atoms with Gasteiger partial charge in [0.1, 0.15) is 5.60 Å². The second kappa shape index (κ2) is 11.0. The average Bonchev–Trinajstić information content (AvgIpc) is 2.83. The summed E-state index contributed by atoms with van der Waals surface area (Å²) in [7, 11) is 0. The third-order valence-corrected chi connectivity index (χ3v) is 4.71. The number of rotatable bonds is 7. The van der Waals surface area contributed by atoms with Crippen LogP contribution in [0.3, 0.4) is 0 Å². The second-order valence-electron chi connectivity index (χ2n) is 7.14. The molecule has 1 aliphatic heterocycles. The third kappa shape index (κ3) is 6.57. The molecule has 178 valence electrons. The predicted molar refractivity (Wildman–Crippen MR) is 126 cm³/mol. The molecule has 1 aromatic carbocycles. The smallest absolute Gasteiger partial charge is 0.336 e. The van der Waals surface area contributed by atoms with E-state index < -0.39 is 50.0 Å². The highest BCUT2D eigenvalue weighted by atomic mass is 16.6. The van der Waals surface area contributed by atoms with Crippen molar-refractivity contribution >= 4 is 24.0 Å². The lowest BCUT2D eigenvalue weighted by molar-refractivity contribution is -0.148. The van der Waals surface area contributed by atoms with Crippen LogP contribution in [-0.2, 0) is 28.6 Å². The van der Waals surface area contributed by atoms with Gasteiger partial charge in [-0.25, -0.2) is 14.4 Å². The Hall–Kier alpha value is -3.35. The van der Waals surface area contributed by atoms with E-state index in [0.29, 0.717) is 23.0 Å². The zero-order valence-electron chi connectivity index (χ0n) is 27.9. The quantitative estimate of drug-likeness (QED) is 0.363. The normalized spacial score (nSPS) is 20.1. The maximum atomic E-state index is 13.1. The molecule has 7 heteroatoms. The van der Waals surface area contributed by atoms with Gasteiger partial charge in [0.15, 0.2) is 0 Å². The van der Waals surface area contributed by atoms with Crippen molar-refractivity contribution in [1.29, 1.82) is 0 Å². The number of hydrogen-bond acceptors (Lipinski definition) is 7. The Labute approximate surface area is 208 Å². The van der Waals surface area contributed by atoms with Crippen molar-refractivity contribution < 1.29 is 40.9 Å². The fraction of sp³-hybridized carbons (Fsp3) is 0.423. The van der Waals surface area contributed by atoms with Crippen molar-refractivity contribution in [2.24, 2.45) is 0 Å². The maximum absolute atomic E-state index is 13.1. The summed E-state index contributed by atoms with van der Waals surface area (Å²) in [5.74, 6) is -4.00. The molecule has 1 heterocycles. The summed E-state index contributed by atoms with van der Waals surface area (Å²) in [6.45, 7) is -4.65. The van der Waals surface area contributed by atoms with E-state index in [1.54, 1.807) is 45.9 Å². The van der Waals surface area contributed by atoms with Gasteiger partial charge in [-0.15, -0.1) is 0 Å². The fourth-order valence-electron chi connectivity index (χ4n) is 3.53. The van der Waals surface area contributed by atoms with E-state index in [9.17, 15) is 14.4 Å². The van der Waals surface area contributed by atoms with Crippen molar-refractivity contribution in [2.75, 3.05) is 13.2 Å². The van der Waals surface area contributed by atoms with E-state index >= 15 is 0 Å². The molecule has 0 unspecified atom stereocenters. The number of esters is 3. The topological polar surface area (TPSA) is 90.9 Å². The van der Waals surface area contributed by atoms with Crippen LogP contribution >= 0.6 is 0 Å². The Balaban J connectivity index is 2.70. The van der Waals surface area contributed by atoms with Crippen LogP contribution in [0.1, 0.15) is 77.6 Å². The molecular weight excluding hydrogens is 422 g/mol. The number of dihydropyridines is 1. The van der Waals surface area contributed by atoms with Gasteiger partial charge in [-0.3, -0.25) is 0 Å². The van der Waals surface area contributed by atoms with Gasteiger partial charge in [-0.05, 0) is 65.5 Å². The third-order valence-electron chi connectivity index (χ3n) is 4.71. The summed E-state index contributed by atoms with van der Waals surface area (Å²) in [4.78, 5) is 39.0. The minimum atomic E-state index is -3.81. The number of hydrogen-bond donors (Lipinski definition) is 1. The monoisotopic (exact) mass is 464 g/mol. The lowest BCUT2D eigenvalue weighted by Crippen LogP contribution is -2.32. The first-order valence-electron chi connectivity index (χ1n) is 14.8. The van der Waals surface area contributed by atoms with Crippen molar-refractivity contribution in [3.8, 4) is 0 Å². The molecule has 0 atom stereocenters. The fourth-order valence-corrected chi connectivity index (χ4v) is 3.53. The van der Waals surface area contributed by atoms with Crippen molar-refractivity contribution in [1.82, 2.24) is 5.32 Å². The zero-order chi connectivity index (χ0) is 32.3. The molecule has 1 aliphatic rings. The number of carbonyl (C=O) groups excluding carboxylic acids is 3. The molecule has 1 aromatic rings. The SMILES string of the molecule is [2H]C([2H])([2H])C(OC(=O)/C=C/c1ccccc1C1C(C(=O)OCC)=C(C)NC(C)=C1C(=O)OCC)(C([2H])([2H])[2H])C([2H])([2H])[2H]. The van der Waals surface area contributed by atoms with Crippen LogP contribution in [0.15, 0.2) is 52.9 Å². The van der Waals surface area contributed by atoms with Gasteiger partial charge in [0.25, 0.3) is 0 Å². The standard InChI is InChI=1S/C26H33NO6/c1-8-31-24(29)21-16(3)27-17(4)22(25(30)32-9-2)23(21)19-13-11-10-12-18(19)14-15-20(28)33-26(5,6)7/h10-15,23,27H,8-9H2,1-7H3/b15-14+/i5D3,6D3,7D3. The average molecular weight is 465 g/mol. The minimum absolute atomic E-state index is 0.0470. The van der Waals surface area contributed by atoms with Crippen LogP contribution in [0.4, 0.5) is 0 Å². The van der Waals surface area contributed by atoms with Crippen molar-refractivity contribution in [3.63, 3.8) is 0 Å². The summed E-state index contributed by atoms with van der Waals surface area (Å²) < 4.78 is 84.1. The number of allylic oxidation sites excluding steroid dienone is 2. The van der Waals surface area contributed by atoms with E-state index in [0.717, 1.165) is 6.08 Å². The Morgan fingerprint density at radius 2 is 1.55 bits per heavy atom. The van der Waals surface area contributed by atoms with Gasteiger partial charge in [0.05, 0.1) is 30.3 Å². The minimum Gasteiger partial charge on any atom is -0.463 e. The van der Waals surface area contributed by atoms with Crippen LogP contribution in [0.25, 0.3) is 6.08 Å². The lowest BCUT2D eigenvalue weighted by Gasteiger charge is -2.31. The van der Waals surface area contributed by atoms with Gasteiger partial charge >= 0.3 is 17.9 Å². The molecule has 7 nitrogen and oxygen atoms in total. The van der Waals surface area contributed by atoms with Crippen LogP contribution in [0, 0.1) is 0 Å². The number of carbonyl (C=O) groups is 3. The van der Waals surface area contributed by atoms with E-state index in [-0.39, 0.29) is 29.9 Å². The molecule has 0 spiro atoms. The van der Waals surface area contributed by atoms with E-state index in [1.165, 1.54) is 6.07 Å². The highest BCUT2D eigenvalue weighted by Crippen LogP contribution is 2.40. The van der Waals surface area contributed by atoms with Crippen molar-refractivity contribution in [3.05, 3.63) is 64.0 Å². The molecule has 0 bridgehead atoms. The number of ether oxygens (including phenoxy) is 3. The molecular formula is C26H33NO6. The second-order valence-corrected chi connectivity index (χ2v) is 7.14. The van der Waals surface area contributed by atoms with Gasteiger partial charge in [-0.1, -0.05) is 24.3 Å². The van der Waals surface area contributed by atoms with Crippen molar-refractivity contribution in [2.45, 2.75) is 59.8 Å². The molecule has 0 saturated carbocycles. The van der Waals surface area contributed by atoms with E-state index in [1.807, 2.05) is 0 Å². The first kappa shape index (κ1) is 15.5. The Morgan fingerprint density at radius 1 is 1.00 bits per heavy atom. The molecule has 0 radical (unpaired) electrons. The van der Waals surface area contributed by atoms with E-state index in [2.05, 4.69) is 5.32 Å². The molecule has 33 heavy (non-hydrogen) atoms. The summed E-state index contributed by atoms with van der Waals surface area (Å²) in [6.07, 6.45) is 1.82. The Kier molecular flexibility index (Phi) is 5.15. The van der Waals surface area contributed by atoms with Gasteiger partial charge < -0.3 is 19.5 Å². The Bertz CT molecular complexity index is 1230. The van der Waals surface area contributed by atoms with Gasteiger partial charge in [0.2, 0.25) is 0 Å². The number of nitrogens with one attached hydrogen (secondary N) is 1. The van der Waals surface area contributed by atoms with Gasteiger partial charge in [-0.2, -0.15) is 0 Å². The predicted octanol–water partition coefficient (Wildman–Crippen LogP) is 4.40. The molecule has 0 amide bonds. The maximum Gasteiger partial charge on any atom is 0.336 e. The molecule has 2 rings (SSSR count). The van der Waals surface area contributed by atoms with E-state index in [4.69, 9.17) is 26.5 Å². The molecule has 0 aliphatic carbocycles. The Morgan fingerprint density at radius 3 is 2.06 bits per heavy atom. The largest absolute Gasteiger partial charge is 0.463 e. The summed E-state index contributed by atoms with van der Waals surface area (Å²) in [5, 5.41) is 3.00. The first-order chi connectivity index (χ1) is 19.2. The molecule has 0 saturated heterocycles. The number of benzene rings is 1. The lowest BCUT2D eigenvalue weighted by atomic mass is 9.78. The molecule has 0 aromatic heterocycles. The molecule has 0 fully saturated rings.